The lowest BCUT2D eigenvalue weighted by atomic mass is 10.1. The molecule has 7 nitrogen and oxygen atoms in total. The summed E-state index contributed by atoms with van der Waals surface area (Å²) in [6, 6.07) is 4.64. The van der Waals surface area contributed by atoms with E-state index in [2.05, 4.69) is 15.0 Å². The van der Waals surface area contributed by atoms with Crippen molar-refractivity contribution in [1.29, 1.82) is 0 Å². The van der Waals surface area contributed by atoms with Gasteiger partial charge in [-0.1, -0.05) is 17.3 Å². The molecule has 1 unspecified atom stereocenters. The first-order chi connectivity index (χ1) is 14.3. The number of rotatable bonds is 7. The van der Waals surface area contributed by atoms with Crippen LogP contribution in [0.1, 0.15) is 37.3 Å². The van der Waals surface area contributed by atoms with Gasteiger partial charge in [0.25, 0.3) is 0 Å². The van der Waals surface area contributed by atoms with Gasteiger partial charge in [0.15, 0.2) is 0 Å². The Bertz CT molecular complexity index is 848. The lowest BCUT2D eigenvalue weighted by molar-refractivity contribution is -0.137. The van der Waals surface area contributed by atoms with E-state index in [1.807, 2.05) is 11.8 Å². The molecule has 0 N–H and O–H groups in total. The Kier molecular flexibility index (Phi) is 7.09. The van der Waals surface area contributed by atoms with Crippen LogP contribution in [0.2, 0.25) is 0 Å². The second kappa shape index (κ2) is 9.57. The van der Waals surface area contributed by atoms with Crippen LogP contribution in [0.5, 0.6) is 0 Å². The minimum atomic E-state index is -4.43. The molecule has 164 valence electrons. The van der Waals surface area contributed by atoms with Crippen LogP contribution in [-0.2, 0) is 15.7 Å². The van der Waals surface area contributed by atoms with Gasteiger partial charge in [-0.25, -0.2) is 0 Å². The average molecular weight is 426 g/mol. The predicted octanol–water partition coefficient (Wildman–Crippen LogP) is 3.39. The number of nitrogens with zero attached hydrogens (tertiary/aromatic N) is 4. The van der Waals surface area contributed by atoms with Gasteiger partial charge in [0.05, 0.1) is 11.6 Å². The number of aromatic nitrogens is 2. The molecule has 0 bridgehead atoms. The van der Waals surface area contributed by atoms with Crippen molar-refractivity contribution in [2.24, 2.45) is 0 Å². The van der Waals surface area contributed by atoms with Crippen molar-refractivity contribution in [3.05, 3.63) is 35.7 Å². The molecular formula is C20H25F3N4O3. The molecule has 1 saturated heterocycles. The van der Waals surface area contributed by atoms with Gasteiger partial charge in [0.1, 0.15) is 0 Å². The molecule has 1 fully saturated rings. The van der Waals surface area contributed by atoms with Crippen molar-refractivity contribution < 1.29 is 27.2 Å². The Morgan fingerprint density at radius 3 is 2.67 bits per heavy atom. The smallest absolute Gasteiger partial charge is 0.385 e. The quantitative estimate of drug-likeness (QED) is 0.632. The Morgan fingerprint density at radius 2 is 2.00 bits per heavy atom. The first kappa shape index (κ1) is 22.2. The fourth-order valence-electron chi connectivity index (χ4n) is 3.40. The summed E-state index contributed by atoms with van der Waals surface area (Å²) in [6.07, 6.45) is -3.27. The molecular weight excluding hydrogens is 401 g/mol. The third-order valence-corrected chi connectivity index (χ3v) is 5.20. The van der Waals surface area contributed by atoms with Gasteiger partial charge in [0.2, 0.25) is 17.6 Å². The molecule has 3 rings (SSSR count). The molecule has 1 atom stereocenters. The number of methoxy groups -OCH3 is 1. The highest BCUT2D eigenvalue weighted by Gasteiger charge is 2.31. The van der Waals surface area contributed by atoms with E-state index in [-0.39, 0.29) is 23.3 Å². The van der Waals surface area contributed by atoms with Crippen LogP contribution in [0, 0.1) is 0 Å². The third-order valence-electron chi connectivity index (χ3n) is 5.20. The van der Waals surface area contributed by atoms with Gasteiger partial charge in [0, 0.05) is 51.9 Å². The number of halogens is 3. The second-order valence-electron chi connectivity index (χ2n) is 7.22. The van der Waals surface area contributed by atoms with Crippen LogP contribution in [0.25, 0.3) is 11.4 Å². The molecule has 1 aliphatic heterocycles. The standard InChI is InChI=1S/C20H25F3N4O3/c1-14(26-8-10-27(11-9-26)17(28)7-4-12-29-2)19-24-18(25-30-19)15-5-3-6-16(13-15)20(21,22)23/h3,5-6,13-14H,4,7-12H2,1-2H3. The summed E-state index contributed by atoms with van der Waals surface area (Å²) in [6.45, 7) is 4.97. The van der Waals surface area contributed by atoms with Crippen molar-refractivity contribution in [1.82, 2.24) is 19.9 Å². The molecule has 1 aromatic carbocycles. The van der Waals surface area contributed by atoms with Gasteiger partial charge < -0.3 is 14.2 Å². The molecule has 0 spiro atoms. The van der Waals surface area contributed by atoms with E-state index in [1.165, 1.54) is 12.1 Å². The van der Waals surface area contributed by atoms with Crippen molar-refractivity contribution in [3.63, 3.8) is 0 Å². The zero-order valence-electron chi connectivity index (χ0n) is 17.0. The Balaban J connectivity index is 1.60. The summed E-state index contributed by atoms with van der Waals surface area (Å²) in [5.41, 5.74) is -0.510. The maximum absolute atomic E-state index is 12.9. The van der Waals surface area contributed by atoms with E-state index in [4.69, 9.17) is 9.26 Å². The highest BCUT2D eigenvalue weighted by atomic mass is 19.4. The fourth-order valence-corrected chi connectivity index (χ4v) is 3.40. The van der Waals surface area contributed by atoms with E-state index < -0.39 is 11.7 Å². The zero-order chi connectivity index (χ0) is 21.7. The number of piperazine rings is 1. The lowest BCUT2D eigenvalue weighted by Gasteiger charge is -2.36. The second-order valence-corrected chi connectivity index (χ2v) is 7.22. The van der Waals surface area contributed by atoms with Crippen molar-refractivity contribution in [2.45, 2.75) is 32.0 Å². The summed E-state index contributed by atoms with van der Waals surface area (Å²) in [5, 5.41) is 3.85. The number of hydrogen-bond donors (Lipinski definition) is 0. The first-order valence-corrected chi connectivity index (χ1v) is 9.81. The molecule has 1 aliphatic rings. The van der Waals surface area contributed by atoms with E-state index >= 15 is 0 Å². The van der Waals surface area contributed by atoms with Gasteiger partial charge in [-0.3, -0.25) is 9.69 Å². The molecule has 0 radical (unpaired) electrons. The largest absolute Gasteiger partial charge is 0.416 e. The number of amides is 1. The van der Waals surface area contributed by atoms with Crippen LogP contribution >= 0.6 is 0 Å². The summed E-state index contributed by atoms with van der Waals surface area (Å²) in [5.74, 6) is 0.571. The normalized spacial score (nSPS) is 16.6. The van der Waals surface area contributed by atoms with E-state index in [0.29, 0.717) is 51.5 Å². The number of carbonyl (C=O) groups excluding carboxylic acids is 1. The van der Waals surface area contributed by atoms with Gasteiger partial charge >= 0.3 is 6.18 Å². The van der Waals surface area contributed by atoms with Crippen LogP contribution < -0.4 is 0 Å². The summed E-state index contributed by atoms with van der Waals surface area (Å²) < 4.78 is 49.1. The van der Waals surface area contributed by atoms with Crippen LogP contribution in [0.3, 0.4) is 0 Å². The van der Waals surface area contributed by atoms with Crippen molar-refractivity contribution in [3.8, 4) is 11.4 Å². The topological polar surface area (TPSA) is 71.7 Å². The van der Waals surface area contributed by atoms with Crippen molar-refractivity contribution in [2.75, 3.05) is 39.9 Å². The number of hydrogen-bond acceptors (Lipinski definition) is 6. The molecule has 1 amide bonds. The Hall–Kier alpha value is -2.46. The van der Waals surface area contributed by atoms with Crippen molar-refractivity contribution >= 4 is 5.91 Å². The minimum Gasteiger partial charge on any atom is -0.385 e. The highest BCUT2D eigenvalue weighted by Crippen LogP contribution is 2.32. The number of ether oxygens (including phenoxy) is 1. The molecule has 10 heteroatoms. The lowest BCUT2D eigenvalue weighted by Crippen LogP contribution is -2.49. The Labute approximate surface area is 172 Å². The van der Waals surface area contributed by atoms with Gasteiger partial charge in [-0.2, -0.15) is 18.2 Å². The summed E-state index contributed by atoms with van der Waals surface area (Å²) >= 11 is 0. The van der Waals surface area contributed by atoms with Crippen LogP contribution in [0.15, 0.2) is 28.8 Å². The summed E-state index contributed by atoms with van der Waals surface area (Å²) in [7, 11) is 1.61. The number of benzene rings is 1. The van der Waals surface area contributed by atoms with Crippen LogP contribution in [-0.4, -0.2) is 65.7 Å². The maximum Gasteiger partial charge on any atom is 0.416 e. The highest BCUT2D eigenvalue weighted by molar-refractivity contribution is 5.76. The zero-order valence-corrected chi connectivity index (χ0v) is 17.0. The molecule has 1 aromatic heterocycles. The average Bonchev–Trinajstić information content (AvgIpc) is 3.23. The first-order valence-electron chi connectivity index (χ1n) is 9.81. The fraction of sp³-hybridized carbons (Fsp3) is 0.550. The minimum absolute atomic E-state index is 0.115. The maximum atomic E-state index is 12.9. The molecule has 2 aromatic rings. The monoisotopic (exact) mass is 426 g/mol. The Morgan fingerprint density at radius 1 is 1.27 bits per heavy atom. The van der Waals surface area contributed by atoms with E-state index in [1.54, 1.807) is 7.11 Å². The van der Waals surface area contributed by atoms with Gasteiger partial charge in [-0.15, -0.1) is 0 Å². The SMILES string of the molecule is COCCCC(=O)N1CCN(C(C)c2nc(-c3cccc(C(F)(F)F)c3)no2)CC1. The molecule has 30 heavy (non-hydrogen) atoms. The summed E-state index contributed by atoms with van der Waals surface area (Å²) in [4.78, 5) is 20.5. The van der Waals surface area contributed by atoms with Crippen LogP contribution in [0.4, 0.5) is 13.2 Å². The van der Waals surface area contributed by atoms with E-state index in [0.717, 1.165) is 12.1 Å². The molecule has 0 aliphatic carbocycles. The van der Waals surface area contributed by atoms with Gasteiger partial charge in [-0.05, 0) is 25.5 Å². The number of carbonyl (C=O) groups is 1. The molecule has 2 heterocycles. The van der Waals surface area contributed by atoms with E-state index in [9.17, 15) is 18.0 Å². The number of alkyl halides is 3. The third kappa shape index (κ3) is 5.37. The predicted molar refractivity (Wildman–Crippen MR) is 102 cm³/mol. The molecule has 0 saturated carbocycles.